The maximum Gasteiger partial charge on any atom is 0.295 e. The average molecular weight is 506 g/mol. The molecule has 1 aromatic heterocycles. The van der Waals surface area contributed by atoms with Crippen LogP contribution >= 0.6 is 0 Å². The monoisotopic (exact) mass is 505 g/mol. The molecule has 1 fully saturated rings. The van der Waals surface area contributed by atoms with Crippen LogP contribution in [0.3, 0.4) is 0 Å². The molecule has 2 aliphatic rings. The topological polar surface area (TPSA) is 112 Å². The summed E-state index contributed by atoms with van der Waals surface area (Å²) in [7, 11) is 3.04. The number of nitrogens with zero attached hydrogens (tertiary/aromatic N) is 3. The lowest BCUT2D eigenvalue weighted by atomic mass is 9.94. The number of hydrogen-bond donors (Lipinski definition) is 1. The molecule has 1 amide bonds. The normalized spacial score (nSPS) is 18.2. The number of ether oxygens (including phenoxy) is 4. The van der Waals surface area contributed by atoms with Crippen LogP contribution in [0.4, 0.5) is 0 Å². The van der Waals surface area contributed by atoms with E-state index in [9.17, 15) is 14.7 Å². The van der Waals surface area contributed by atoms with Crippen molar-refractivity contribution in [1.82, 2.24) is 14.5 Å². The number of methoxy groups -OCH3 is 2. The van der Waals surface area contributed by atoms with E-state index in [2.05, 4.69) is 4.98 Å². The lowest BCUT2D eigenvalue weighted by Gasteiger charge is -2.27. The molecule has 0 radical (unpaired) electrons. The van der Waals surface area contributed by atoms with Crippen LogP contribution in [0.25, 0.3) is 5.76 Å². The van der Waals surface area contributed by atoms with Gasteiger partial charge in [-0.1, -0.05) is 0 Å². The zero-order chi connectivity index (χ0) is 25.9. The molecule has 10 heteroatoms. The van der Waals surface area contributed by atoms with Gasteiger partial charge in [0.15, 0.2) is 11.5 Å². The van der Waals surface area contributed by atoms with Crippen molar-refractivity contribution in [2.75, 3.05) is 34.0 Å². The van der Waals surface area contributed by atoms with Gasteiger partial charge in [-0.25, -0.2) is 4.98 Å². The summed E-state index contributed by atoms with van der Waals surface area (Å²) >= 11 is 0. The van der Waals surface area contributed by atoms with Gasteiger partial charge >= 0.3 is 0 Å². The van der Waals surface area contributed by atoms with E-state index in [1.54, 1.807) is 56.0 Å². The molecular formula is C27H27N3O7. The van der Waals surface area contributed by atoms with Gasteiger partial charge in [0.25, 0.3) is 11.7 Å². The van der Waals surface area contributed by atoms with Crippen LogP contribution < -0.4 is 18.9 Å². The molecule has 37 heavy (non-hydrogen) atoms. The van der Waals surface area contributed by atoms with Crippen LogP contribution in [0, 0.1) is 0 Å². The van der Waals surface area contributed by atoms with Crippen molar-refractivity contribution in [2.24, 2.45) is 0 Å². The maximum absolute atomic E-state index is 13.4. The number of aryl methyl sites for hydroxylation is 1. The Kier molecular flexibility index (Phi) is 6.72. The fourth-order valence-corrected chi connectivity index (χ4v) is 4.67. The smallest absolute Gasteiger partial charge is 0.295 e. The fourth-order valence-electron chi connectivity index (χ4n) is 4.67. The van der Waals surface area contributed by atoms with Gasteiger partial charge in [0.1, 0.15) is 30.5 Å². The number of hydrogen-bond acceptors (Lipinski definition) is 8. The van der Waals surface area contributed by atoms with Crippen molar-refractivity contribution in [2.45, 2.75) is 19.0 Å². The third-order valence-electron chi connectivity index (χ3n) is 6.47. The van der Waals surface area contributed by atoms with Crippen molar-refractivity contribution in [3.8, 4) is 23.0 Å². The van der Waals surface area contributed by atoms with Gasteiger partial charge in [0, 0.05) is 42.7 Å². The number of ketones is 1. The van der Waals surface area contributed by atoms with E-state index in [0.717, 1.165) is 0 Å². The Morgan fingerprint density at radius 2 is 1.86 bits per heavy atom. The summed E-state index contributed by atoms with van der Waals surface area (Å²) in [5.41, 5.74) is 0.884. The van der Waals surface area contributed by atoms with E-state index in [-0.39, 0.29) is 17.9 Å². The summed E-state index contributed by atoms with van der Waals surface area (Å²) in [4.78, 5) is 32.2. The highest BCUT2D eigenvalue weighted by molar-refractivity contribution is 6.46. The average Bonchev–Trinajstić information content (AvgIpc) is 3.54. The third kappa shape index (κ3) is 4.57. The second-order valence-electron chi connectivity index (χ2n) is 8.61. The number of likely N-dealkylation sites (tertiary alicyclic amines) is 1. The molecule has 2 aromatic carbocycles. The summed E-state index contributed by atoms with van der Waals surface area (Å²) in [6.07, 6.45) is 5.78. The minimum Gasteiger partial charge on any atom is -0.507 e. The summed E-state index contributed by atoms with van der Waals surface area (Å²) in [6, 6.07) is 9.22. The van der Waals surface area contributed by atoms with Crippen molar-refractivity contribution < 1.29 is 33.6 Å². The largest absolute Gasteiger partial charge is 0.507 e. The molecule has 0 unspecified atom stereocenters. The van der Waals surface area contributed by atoms with Crippen molar-refractivity contribution >= 4 is 17.4 Å². The van der Waals surface area contributed by atoms with Gasteiger partial charge in [-0.15, -0.1) is 0 Å². The molecule has 3 aromatic rings. The van der Waals surface area contributed by atoms with E-state index >= 15 is 0 Å². The number of aromatic nitrogens is 2. The minimum absolute atomic E-state index is 0.0206. The molecule has 0 spiro atoms. The van der Waals surface area contributed by atoms with Crippen LogP contribution in [0.2, 0.25) is 0 Å². The Morgan fingerprint density at radius 1 is 1.05 bits per heavy atom. The number of amides is 1. The summed E-state index contributed by atoms with van der Waals surface area (Å²) < 4.78 is 24.0. The Bertz CT molecular complexity index is 1350. The highest BCUT2D eigenvalue weighted by atomic mass is 16.6. The number of rotatable bonds is 8. The van der Waals surface area contributed by atoms with Crippen molar-refractivity contribution in [3.63, 3.8) is 0 Å². The maximum atomic E-state index is 13.4. The van der Waals surface area contributed by atoms with Crippen LogP contribution in [-0.4, -0.2) is 65.2 Å². The van der Waals surface area contributed by atoms with Crippen LogP contribution in [-0.2, 0) is 16.1 Å². The molecule has 0 saturated carbocycles. The molecule has 10 nitrogen and oxygen atoms in total. The van der Waals surface area contributed by atoms with Gasteiger partial charge < -0.3 is 33.5 Å². The Hall–Kier alpha value is -4.47. The summed E-state index contributed by atoms with van der Waals surface area (Å²) in [6.45, 7) is 1.69. The Balaban J connectivity index is 1.58. The zero-order valence-electron chi connectivity index (χ0n) is 20.5. The molecule has 0 bridgehead atoms. The fraction of sp³-hybridized carbons (Fsp3) is 0.296. The van der Waals surface area contributed by atoms with Gasteiger partial charge in [0.05, 0.1) is 32.2 Å². The number of Topliss-reactive ketones (excluding diaryl/α,β-unsaturated/α-hetero) is 1. The Morgan fingerprint density at radius 3 is 2.59 bits per heavy atom. The van der Waals surface area contributed by atoms with Crippen LogP contribution in [0.15, 0.2) is 60.7 Å². The lowest BCUT2D eigenvalue weighted by molar-refractivity contribution is -0.140. The highest BCUT2D eigenvalue weighted by Crippen LogP contribution is 2.44. The predicted octanol–water partition coefficient (Wildman–Crippen LogP) is 3.18. The van der Waals surface area contributed by atoms with E-state index in [0.29, 0.717) is 60.3 Å². The molecule has 0 aliphatic carbocycles. The van der Waals surface area contributed by atoms with E-state index in [1.807, 2.05) is 10.8 Å². The van der Waals surface area contributed by atoms with Gasteiger partial charge in [-0.2, -0.15) is 0 Å². The second-order valence-corrected chi connectivity index (χ2v) is 8.61. The first-order valence-electron chi connectivity index (χ1n) is 11.9. The second kappa shape index (κ2) is 10.3. The van der Waals surface area contributed by atoms with Crippen LogP contribution in [0.1, 0.15) is 23.6 Å². The molecule has 1 N–H and O–H groups in total. The molecule has 2 aliphatic heterocycles. The molecule has 5 rings (SSSR count). The zero-order valence-corrected chi connectivity index (χ0v) is 20.5. The number of fused-ring (bicyclic) bond motifs is 1. The number of imidazole rings is 1. The van der Waals surface area contributed by atoms with Crippen molar-refractivity contribution in [1.29, 1.82) is 0 Å². The minimum atomic E-state index is -0.864. The SMILES string of the molecule is COc1ccc([C@@H]2C(=C(O)c3ccc4c(c3)OCCO4)C(=O)C(=O)N2CCCn2ccnc2)c(OC)c1. The first kappa shape index (κ1) is 24.2. The van der Waals surface area contributed by atoms with Gasteiger partial charge in [0.2, 0.25) is 0 Å². The predicted molar refractivity (Wildman–Crippen MR) is 133 cm³/mol. The van der Waals surface area contributed by atoms with E-state index in [1.165, 1.54) is 12.0 Å². The Labute approximate surface area is 213 Å². The molecular weight excluding hydrogens is 478 g/mol. The van der Waals surface area contributed by atoms with E-state index < -0.39 is 17.7 Å². The number of benzene rings is 2. The lowest BCUT2D eigenvalue weighted by Crippen LogP contribution is -2.31. The molecule has 1 atom stereocenters. The first-order valence-corrected chi connectivity index (χ1v) is 11.9. The standard InChI is InChI=1S/C27H27N3O7/c1-34-18-5-6-19(21(15-18)35-2)24-23(25(31)17-4-7-20-22(14-17)37-13-12-36-20)26(32)27(33)30(24)10-3-9-29-11-8-28-16-29/h4-8,11,14-16,24,31H,3,9-10,12-13H2,1-2H3/t24-/m1/s1. The first-order chi connectivity index (χ1) is 18.0. The van der Waals surface area contributed by atoms with Gasteiger partial charge in [-0.3, -0.25) is 9.59 Å². The number of aliphatic hydroxyl groups excluding tert-OH is 1. The van der Waals surface area contributed by atoms with Crippen LogP contribution in [0.5, 0.6) is 23.0 Å². The summed E-state index contributed by atoms with van der Waals surface area (Å²) in [5.74, 6) is 0.254. The number of aliphatic hydroxyl groups is 1. The highest BCUT2D eigenvalue weighted by Gasteiger charge is 2.47. The third-order valence-corrected chi connectivity index (χ3v) is 6.47. The quantitative estimate of drug-likeness (QED) is 0.282. The molecule has 1 saturated heterocycles. The summed E-state index contributed by atoms with van der Waals surface area (Å²) in [5, 5.41) is 11.4. The molecule has 3 heterocycles. The van der Waals surface area contributed by atoms with Crippen molar-refractivity contribution in [3.05, 3.63) is 71.8 Å². The number of carbonyl (C=O) groups is 2. The number of carbonyl (C=O) groups excluding carboxylic acids is 2. The van der Waals surface area contributed by atoms with E-state index in [4.69, 9.17) is 18.9 Å². The molecule has 192 valence electrons. The van der Waals surface area contributed by atoms with Gasteiger partial charge in [-0.05, 0) is 36.8 Å².